The van der Waals surface area contributed by atoms with Crippen molar-refractivity contribution < 1.29 is 19.4 Å². The Bertz CT molecular complexity index is 691. The summed E-state index contributed by atoms with van der Waals surface area (Å²) in [6, 6.07) is 12.2. The van der Waals surface area contributed by atoms with Gasteiger partial charge in [-0.2, -0.15) is 0 Å². The van der Waals surface area contributed by atoms with Gasteiger partial charge in [-0.3, -0.25) is 4.79 Å². The topological polar surface area (TPSA) is 55.8 Å². The van der Waals surface area contributed by atoms with E-state index in [1.807, 2.05) is 31.2 Å². The van der Waals surface area contributed by atoms with Gasteiger partial charge in [0.25, 0.3) is 0 Å². The number of hydrogen-bond acceptors (Lipinski definition) is 4. The largest absolute Gasteiger partial charge is 0.508 e. The van der Waals surface area contributed by atoms with E-state index >= 15 is 0 Å². The predicted octanol–water partition coefficient (Wildman–Crippen LogP) is 3.74. The van der Waals surface area contributed by atoms with Gasteiger partial charge in [-0.15, -0.1) is 0 Å². The first-order valence-electron chi connectivity index (χ1n) is 7.32. The van der Waals surface area contributed by atoms with Crippen molar-refractivity contribution >= 4 is 5.78 Å². The maximum Gasteiger partial charge on any atom is 0.173 e. The molecule has 0 aromatic heterocycles. The molecule has 0 spiro atoms. The van der Waals surface area contributed by atoms with Crippen LogP contribution in [0.25, 0.3) is 0 Å². The van der Waals surface area contributed by atoms with Crippen LogP contribution in [0, 0.1) is 5.92 Å². The van der Waals surface area contributed by atoms with Gasteiger partial charge in [0.05, 0.1) is 18.6 Å². The van der Waals surface area contributed by atoms with Crippen molar-refractivity contribution in [2.24, 2.45) is 5.92 Å². The Morgan fingerprint density at radius 2 is 1.91 bits per heavy atom. The minimum Gasteiger partial charge on any atom is -0.508 e. The fourth-order valence-corrected chi connectivity index (χ4v) is 2.86. The summed E-state index contributed by atoms with van der Waals surface area (Å²) in [6.07, 6.45) is 0.352. The first-order valence-corrected chi connectivity index (χ1v) is 7.32. The van der Waals surface area contributed by atoms with Gasteiger partial charge in [-0.1, -0.05) is 19.1 Å². The van der Waals surface area contributed by atoms with Crippen LogP contribution in [0.1, 0.15) is 35.4 Å². The molecule has 1 N–H and O–H groups in total. The number of aromatic hydroxyl groups is 1. The van der Waals surface area contributed by atoms with E-state index in [-0.39, 0.29) is 23.6 Å². The van der Waals surface area contributed by atoms with Crippen molar-refractivity contribution in [3.8, 4) is 17.2 Å². The molecule has 0 unspecified atom stereocenters. The first kappa shape index (κ1) is 14.4. The molecule has 0 radical (unpaired) electrons. The Hall–Kier alpha value is -2.49. The lowest BCUT2D eigenvalue weighted by atomic mass is 9.84. The van der Waals surface area contributed by atoms with E-state index in [4.69, 9.17) is 9.47 Å². The Morgan fingerprint density at radius 3 is 2.55 bits per heavy atom. The fraction of sp³-hybridized carbons (Fsp3) is 0.278. The molecule has 114 valence electrons. The molecule has 0 amide bonds. The summed E-state index contributed by atoms with van der Waals surface area (Å²) in [4.78, 5) is 12.7. The molecular formula is C18H18O4. The standard InChI is InChI=1S/C18H18O4/c1-3-14-17(20)15-10-12(19)6-9-16(15)22-18(14)11-4-7-13(21-2)8-5-11/h4-10,14,18-19H,3H2,1-2H3/t14-,18+/m1/s1. The van der Waals surface area contributed by atoms with Gasteiger partial charge in [0.1, 0.15) is 23.4 Å². The summed E-state index contributed by atoms with van der Waals surface area (Å²) in [5.41, 5.74) is 1.40. The highest BCUT2D eigenvalue weighted by molar-refractivity contribution is 6.02. The molecule has 3 rings (SSSR count). The first-order chi connectivity index (χ1) is 10.6. The van der Waals surface area contributed by atoms with Crippen LogP contribution in [-0.2, 0) is 0 Å². The van der Waals surface area contributed by atoms with Crippen LogP contribution in [0.15, 0.2) is 42.5 Å². The number of benzene rings is 2. The molecular weight excluding hydrogens is 280 g/mol. The number of carbonyl (C=O) groups excluding carboxylic acids is 1. The van der Waals surface area contributed by atoms with E-state index in [9.17, 15) is 9.90 Å². The van der Waals surface area contributed by atoms with Crippen molar-refractivity contribution in [3.63, 3.8) is 0 Å². The number of ether oxygens (including phenoxy) is 2. The number of Topliss-reactive ketones (excluding diaryl/α,β-unsaturated/α-hetero) is 1. The second-order valence-electron chi connectivity index (χ2n) is 5.37. The van der Waals surface area contributed by atoms with Gasteiger partial charge in [0.15, 0.2) is 5.78 Å². The lowest BCUT2D eigenvalue weighted by molar-refractivity contribution is 0.0647. The quantitative estimate of drug-likeness (QED) is 0.937. The maximum absolute atomic E-state index is 12.7. The summed E-state index contributed by atoms with van der Waals surface area (Å²) >= 11 is 0. The average molecular weight is 298 g/mol. The Morgan fingerprint density at radius 1 is 1.18 bits per heavy atom. The van der Waals surface area contributed by atoms with Gasteiger partial charge in [-0.25, -0.2) is 0 Å². The third-order valence-corrected chi connectivity index (χ3v) is 4.07. The predicted molar refractivity (Wildman–Crippen MR) is 82.6 cm³/mol. The van der Waals surface area contributed by atoms with Gasteiger partial charge in [0, 0.05) is 0 Å². The summed E-state index contributed by atoms with van der Waals surface area (Å²) in [6.45, 7) is 1.97. The van der Waals surface area contributed by atoms with Crippen molar-refractivity contribution in [1.29, 1.82) is 0 Å². The average Bonchev–Trinajstić information content (AvgIpc) is 2.55. The number of phenolic OH excluding ortho intramolecular Hbond substituents is 1. The van der Waals surface area contributed by atoms with Crippen LogP contribution in [0.2, 0.25) is 0 Å². The van der Waals surface area contributed by atoms with E-state index < -0.39 is 0 Å². The zero-order valence-electron chi connectivity index (χ0n) is 12.6. The summed E-state index contributed by atoms with van der Waals surface area (Å²) in [7, 11) is 1.62. The molecule has 0 bridgehead atoms. The highest BCUT2D eigenvalue weighted by atomic mass is 16.5. The van der Waals surface area contributed by atoms with Crippen molar-refractivity contribution in [1.82, 2.24) is 0 Å². The third-order valence-electron chi connectivity index (χ3n) is 4.07. The monoisotopic (exact) mass is 298 g/mol. The van der Waals surface area contributed by atoms with Crippen LogP contribution in [-0.4, -0.2) is 18.0 Å². The highest BCUT2D eigenvalue weighted by Crippen LogP contribution is 2.41. The van der Waals surface area contributed by atoms with E-state index in [0.717, 1.165) is 11.3 Å². The molecule has 0 aliphatic carbocycles. The molecule has 1 aliphatic rings. The molecule has 0 fully saturated rings. The van der Waals surface area contributed by atoms with Crippen LogP contribution in [0.4, 0.5) is 0 Å². The SMILES string of the molecule is CC[C@@H]1C(=O)c2cc(O)ccc2O[C@H]1c1ccc(OC)cc1. The van der Waals surface area contributed by atoms with E-state index in [2.05, 4.69) is 0 Å². The molecule has 4 heteroatoms. The maximum atomic E-state index is 12.7. The molecule has 1 aliphatic heterocycles. The fourth-order valence-electron chi connectivity index (χ4n) is 2.86. The zero-order valence-corrected chi connectivity index (χ0v) is 12.6. The van der Waals surface area contributed by atoms with E-state index in [1.165, 1.54) is 12.1 Å². The van der Waals surface area contributed by atoms with Crippen LogP contribution in [0.3, 0.4) is 0 Å². The molecule has 0 saturated carbocycles. The number of hydrogen-bond donors (Lipinski definition) is 1. The van der Waals surface area contributed by atoms with Crippen LogP contribution < -0.4 is 9.47 Å². The van der Waals surface area contributed by atoms with Crippen molar-refractivity contribution in [2.75, 3.05) is 7.11 Å². The highest BCUT2D eigenvalue weighted by Gasteiger charge is 2.37. The van der Waals surface area contributed by atoms with Gasteiger partial charge < -0.3 is 14.6 Å². The number of carbonyl (C=O) groups is 1. The lowest BCUT2D eigenvalue weighted by Gasteiger charge is -2.32. The minimum atomic E-state index is -0.319. The Labute approximate surface area is 129 Å². The number of ketones is 1. The summed E-state index contributed by atoms with van der Waals surface area (Å²) in [5, 5.41) is 9.58. The lowest BCUT2D eigenvalue weighted by Crippen LogP contribution is -2.31. The van der Waals surface area contributed by atoms with Gasteiger partial charge in [-0.05, 0) is 42.3 Å². The number of fused-ring (bicyclic) bond motifs is 1. The second kappa shape index (κ2) is 5.72. The molecule has 2 aromatic carbocycles. The van der Waals surface area contributed by atoms with Crippen LogP contribution in [0.5, 0.6) is 17.2 Å². The molecule has 4 nitrogen and oxygen atoms in total. The second-order valence-corrected chi connectivity index (χ2v) is 5.37. The number of rotatable bonds is 3. The molecule has 1 heterocycles. The van der Waals surface area contributed by atoms with Crippen molar-refractivity contribution in [3.05, 3.63) is 53.6 Å². The van der Waals surface area contributed by atoms with Crippen LogP contribution >= 0.6 is 0 Å². The molecule has 2 aromatic rings. The zero-order chi connectivity index (χ0) is 15.7. The Balaban J connectivity index is 2.00. The summed E-state index contributed by atoms with van der Waals surface area (Å²) < 4.78 is 11.2. The number of phenols is 1. The van der Waals surface area contributed by atoms with Gasteiger partial charge >= 0.3 is 0 Å². The summed E-state index contributed by atoms with van der Waals surface area (Å²) in [5.74, 6) is 1.12. The molecule has 0 saturated heterocycles. The number of methoxy groups -OCH3 is 1. The smallest absolute Gasteiger partial charge is 0.173 e. The Kier molecular flexibility index (Phi) is 3.75. The minimum absolute atomic E-state index is 0.0143. The third kappa shape index (κ3) is 2.41. The molecule has 22 heavy (non-hydrogen) atoms. The van der Waals surface area contributed by atoms with E-state index in [1.54, 1.807) is 13.2 Å². The van der Waals surface area contributed by atoms with E-state index in [0.29, 0.717) is 17.7 Å². The molecule has 2 atom stereocenters. The van der Waals surface area contributed by atoms with Crippen molar-refractivity contribution in [2.45, 2.75) is 19.4 Å². The van der Waals surface area contributed by atoms with Gasteiger partial charge in [0.2, 0.25) is 0 Å². The normalized spacial score (nSPS) is 20.2.